The van der Waals surface area contributed by atoms with Gasteiger partial charge in [-0.15, -0.1) is 0 Å². The molecule has 1 saturated heterocycles. The molecule has 3 atom stereocenters. The molecule has 2 aliphatic rings. The maximum Gasteiger partial charge on any atom is 0.0724 e. The number of likely N-dealkylation sites (tertiary alicyclic amines) is 1. The zero-order valence-corrected chi connectivity index (χ0v) is 11.6. The Balaban J connectivity index is 1.78. The highest BCUT2D eigenvalue weighted by Gasteiger charge is 2.30. The van der Waals surface area contributed by atoms with E-state index in [0.717, 1.165) is 5.92 Å². The van der Waals surface area contributed by atoms with Crippen molar-refractivity contribution in [2.24, 2.45) is 5.92 Å². The molecule has 17 heavy (non-hydrogen) atoms. The third-order valence-electron chi connectivity index (χ3n) is 4.70. The highest BCUT2D eigenvalue weighted by Crippen LogP contribution is 2.25. The Morgan fingerprint density at radius 3 is 2.53 bits per heavy atom. The van der Waals surface area contributed by atoms with E-state index in [1.807, 2.05) is 7.11 Å². The molecule has 0 amide bonds. The fourth-order valence-electron chi connectivity index (χ4n) is 3.40. The molecule has 0 bridgehead atoms. The van der Waals surface area contributed by atoms with Gasteiger partial charge in [-0.2, -0.15) is 0 Å². The summed E-state index contributed by atoms with van der Waals surface area (Å²) in [6.45, 7) is 4.88. The number of nitrogens with one attached hydrogen (secondary N) is 1. The standard InChI is InChI=1S/C14H28N2O/c1-11(12-7-9-16(2)10-8-12)15-13-5-4-6-14(13)17-3/h11-15H,4-10H2,1-3H3. The van der Waals surface area contributed by atoms with Gasteiger partial charge in [-0.05, 0) is 65.1 Å². The molecule has 2 rings (SSSR count). The number of rotatable bonds is 4. The first kappa shape index (κ1) is 13.3. The first-order chi connectivity index (χ1) is 8.20. The third kappa shape index (κ3) is 3.43. The van der Waals surface area contributed by atoms with Gasteiger partial charge in [0, 0.05) is 19.2 Å². The second kappa shape index (κ2) is 6.17. The van der Waals surface area contributed by atoms with Crippen molar-refractivity contribution in [3.8, 4) is 0 Å². The molecule has 0 aromatic rings. The molecule has 1 saturated carbocycles. The average molecular weight is 240 g/mol. The number of hydrogen-bond donors (Lipinski definition) is 1. The van der Waals surface area contributed by atoms with Gasteiger partial charge in [0.2, 0.25) is 0 Å². The van der Waals surface area contributed by atoms with Crippen molar-refractivity contribution >= 4 is 0 Å². The normalized spacial score (nSPS) is 34.1. The van der Waals surface area contributed by atoms with E-state index in [-0.39, 0.29) is 0 Å². The van der Waals surface area contributed by atoms with Crippen LogP contribution in [0.2, 0.25) is 0 Å². The highest BCUT2D eigenvalue weighted by atomic mass is 16.5. The summed E-state index contributed by atoms with van der Waals surface area (Å²) in [4.78, 5) is 2.44. The fourth-order valence-corrected chi connectivity index (χ4v) is 3.40. The summed E-state index contributed by atoms with van der Waals surface area (Å²) in [5.74, 6) is 0.851. The predicted octanol–water partition coefficient (Wildman–Crippen LogP) is 1.87. The average Bonchev–Trinajstić information content (AvgIpc) is 2.77. The van der Waals surface area contributed by atoms with Crippen LogP contribution in [0.25, 0.3) is 0 Å². The molecule has 2 fully saturated rings. The minimum absolute atomic E-state index is 0.448. The summed E-state index contributed by atoms with van der Waals surface area (Å²) in [6.07, 6.45) is 6.97. The Morgan fingerprint density at radius 1 is 1.18 bits per heavy atom. The topological polar surface area (TPSA) is 24.5 Å². The first-order valence-electron chi connectivity index (χ1n) is 7.18. The monoisotopic (exact) mass is 240 g/mol. The molecule has 3 unspecified atom stereocenters. The Kier molecular flexibility index (Phi) is 4.83. The molecular weight excluding hydrogens is 212 g/mol. The number of methoxy groups -OCH3 is 1. The van der Waals surface area contributed by atoms with Gasteiger partial charge in [0.1, 0.15) is 0 Å². The van der Waals surface area contributed by atoms with Gasteiger partial charge < -0.3 is 15.0 Å². The van der Waals surface area contributed by atoms with Gasteiger partial charge in [0.15, 0.2) is 0 Å². The van der Waals surface area contributed by atoms with E-state index in [0.29, 0.717) is 18.2 Å². The predicted molar refractivity (Wildman–Crippen MR) is 71.3 cm³/mol. The second-order valence-electron chi connectivity index (χ2n) is 5.91. The molecule has 1 heterocycles. The third-order valence-corrected chi connectivity index (χ3v) is 4.70. The van der Waals surface area contributed by atoms with Crippen molar-refractivity contribution < 1.29 is 4.74 Å². The van der Waals surface area contributed by atoms with Crippen LogP contribution in [0.5, 0.6) is 0 Å². The Labute approximate surface area is 106 Å². The Bertz CT molecular complexity index is 226. The maximum atomic E-state index is 5.56. The highest BCUT2D eigenvalue weighted by molar-refractivity contribution is 4.88. The lowest BCUT2D eigenvalue weighted by molar-refractivity contribution is 0.0754. The number of ether oxygens (including phenoxy) is 1. The summed E-state index contributed by atoms with van der Waals surface area (Å²) in [5, 5.41) is 3.82. The molecule has 0 radical (unpaired) electrons. The number of nitrogens with zero attached hydrogens (tertiary/aromatic N) is 1. The van der Waals surface area contributed by atoms with Crippen molar-refractivity contribution in [3.05, 3.63) is 0 Å². The van der Waals surface area contributed by atoms with E-state index in [1.165, 1.54) is 45.2 Å². The summed E-state index contributed by atoms with van der Waals surface area (Å²) in [7, 11) is 4.08. The van der Waals surface area contributed by atoms with Gasteiger partial charge in [-0.3, -0.25) is 0 Å². The largest absolute Gasteiger partial charge is 0.380 e. The smallest absolute Gasteiger partial charge is 0.0724 e. The number of piperidine rings is 1. The van der Waals surface area contributed by atoms with Crippen LogP contribution < -0.4 is 5.32 Å². The zero-order chi connectivity index (χ0) is 12.3. The summed E-state index contributed by atoms with van der Waals surface area (Å²) in [5.41, 5.74) is 0. The molecule has 0 aromatic heterocycles. The molecular formula is C14H28N2O. The summed E-state index contributed by atoms with van der Waals surface area (Å²) < 4.78 is 5.56. The maximum absolute atomic E-state index is 5.56. The lowest BCUT2D eigenvalue weighted by Gasteiger charge is -2.35. The molecule has 0 aromatic carbocycles. The van der Waals surface area contributed by atoms with Crippen LogP contribution in [0.15, 0.2) is 0 Å². The molecule has 3 heteroatoms. The van der Waals surface area contributed by atoms with Crippen molar-refractivity contribution in [2.45, 2.75) is 57.2 Å². The molecule has 1 aliphatic heterocycles. The van der Waals surface area contributed by atoms with Gasteiger partial charge in [0.25, 0.3) is 0 Å². The Morgan fingerprint density at radius 2 is 1.88 bits per heavy atom. The lowest BCUT2D eigenvalue weighted by atomic mass is 9.90. The van der Waals surface area contributed by atoms with Gasteiger partial charge >= 0.3 is 0 Å². The van der Waals surface area contributed by atoms with Gasteiger partial charge in [0.05, 0.1) is 6.10 Å². The minimum atomic E-state index is 0.448. The van der Waals surface area contributed by atoms with Crippen LogP contribution in [0, 0.1) is 5.92 Å². The first-order valence-corrected chi connectivity index (χ1v) is 7.18. The van der Waals surface area contributed by atoms with Gasteiger partial charge in [-0.25, -0.2) is 0 Å². The van der Waals surface area contributed by atoms with Crippen LogP contribution >= 0.6 is 0 Å². The van der Waals surface area contributed by atoms with E-state index in [2.05, 4.69) is 24.2 Å². The molecule has 0 spiro atoms. The van der Waals surface area contributed by atoms with Gasteiger partial charge in [-0.1, -0.05) is 0 Å². The molecule has 1 N–H and O–H groups in total. The SMILES string of the molecule is COC1CCCC1NC(C)C1CCN(C)CC1. The van der Waals surface area contributed by atoms with E-state index in [1.54, 1.807) is 0 Å². The van der Waals surface area contributed by atoms with Crippen LogP contribution in [0.1, 0.15) is 39.0 Å². The molecule has 100 valence electrons. The molecule has 3 nitrogen and oxygen atoms in total. The van der Waals surface area contributed by atoms with Crippen molar-refractivity contribution in [2.75, 3.05) is 27.2 Å². The number of hydrogen-bond acceptors (Lipinski definition) is 3. The van der Waals surface area contributed by atoms with Crippen molar-refractivity contribution in [1.82, 2.24) is 10.2 Å². The van der Waals surface area contributed by atoms with Crippen LogP contribution in [-0.4, -0.2) is 50.3 Å². The fraction of sp³-hybridized carbons (Fsp3) is 1.00. The van der Waals surface area contributed by atoms with Crippen LogP contribution in [0.3, 0.4) is 0 Å². The zero-order valence-electron chi connectivity index (χ0n) is 11.6. The Hall–Kier alpha value is -0.120. The van der Waals surface area contributed by atoms with Crippen molar-refractivity contribution in [1.29, 1.82) is 0 Å². The van der Waals surface area contributed by atoms with E-state index in [9.17, 15) is 0 Å². The molecule has 1 aliphatic carbocycles. The lowest BCUT2D eigenvalue weighted by Crippen LogP contribution is -2.47. The minimum Gasteiger partial charge on any atom is -0.380 e. The van der Waals surface area contributed by atoms with Crippen LogP contribution in [-0.2, 0) is 4.74 Å². The van der Waals surface area contributed by atoms with Crippen molar-refractivity contribution in [3.63, 3.8) is 0 Å². The summed E-state index contributed by atoms with van der Waals surface area (Å²) in [6, 6.07) is 1.24. The second-order valence-corrected chi connectivity index (χ2v) is 5.91. The van der Waals surface area contributed by atoms with E-state index >= 15 is 0 Å². The van der Waals surface area contributed by atoms with E-state index in [4.69, 9.17) is 4.74 Å². The van der Waals surface area contributed by atoms with Crippen LogP contribution in [0.4, 0.5) is 0 Å². The quantitative estimate of drug-likeness (QED) is 0.812. The summed E-state index contributed by atoms with van der Waals surface area (Å²) >= 11 is 0. The van der Waals surface area contributed by atoms with E-state index < -0.39 is 0 Å².